The number of esters is 1. The highest BCUT2D eigenvalue weighted by Gasteiger charge is 2.13. The minimum Gasteiger partial charge on any atom is -0.457 e. The molecule has 0 saturated carbocycles. The number of aliphatic hydroxyl groups excluding tert-OH is 1. The number of hydrogen-bond donors (Lipinski definition) is 1. The van der Waals surface area contributed by atoms with Crippen LogP contribution in [0.4, 0.5) is 0 Å². The zero-order chi connectivity index (χ0) is 36.3. The summed E-state index contributed by atoms with van der Waals surface area (Å²) in [4.78, 5) is 12.2. The Bertz CT molecular complexity index is 824. The second-order valence-electron chi connectivity index (χ2n) is 14.1. The van der Waals surface area contributed by atoms with Crippen LogP contribution in [0.3, 0.4) is 0 Å². The summed E-state index contributed by atoms with van der Waals surface area (Å²) in [5.41, 5.74) is 0. The molecular weight excluding hydrogens is 617 g/mol. The van der Waals surface area contributed by atoms with Crippen molar-refractivity contribution in [3.8, 4) is 0 Å². The van der Waals surface area contributed by atoms with Crippen molar-refractivity contribution in [1.82, 2.24) is 0 Å². The smallest absolute Gasteiger partial charge is 0.306 e. The fraction of sp³-hybridized carbons (Fsp3) is 0.761. The Morgan fingerprint density at radius 2 is 0.860 bits per heavy atom. The van der Waals surface area contributed by atoms with Gasteiger partial charge in [-0.3, -0.25) is 4.79 Å². The lowest BCUT2D eigenvalue weighted by Crippen LogP contribution is -2.27. The van der Waals surface area contributed by atoms with Crippen molar-refractivity contribution < 1.29 is 19.4 Å². The Morgan fingerprint density at radius 1 is 0.480 bits per heavy atom. The molecule has 0 bridgehead atoms. The topological polar surface area (TPSA) is 55.8 Å². The average molecular weight is 699 g/mol. The molecule has 0 amide bonds. The van der Waals surface area contributed by atoms with E-state index in [-0.39, 0.29) is 19.2 Å². The zero-order valence-corrected chi connectivity index (χ0v) is 33.2. The molecule has 1 N–H and O–H groups in total. The molecule has 0 rings (SSSR count). The Balaban J connectivity index is 3.46. The first-order chi connectivity index (χ1) is 24.7. The summed E-state index contributed by atoms with van der Waals surface area (Å²) in [6.45, 7) is 5.27. The molecule has 0 spiro atoms. The fourth-order valence-electron chi connectivity index (χ4n) is 5.82. The van der Waals surface area contributed by atoms with Gasteiger partial charge in [-0.05, 0) is 77.0 Å². The normalized spacial score (nSPS) is 12.9. The van der Waals surface area contributed by atoms with Gasteiger partial charge in [-0.15, -0.1) is 0 Å². The first-order valence-electron chi connectivity index (χ1n) is 21.4. The van der Waals surface area contributed by atoms with Crippen LogP contribution in [-0.4, -0.2) is 37.0 Å². The number of carbonyl (C=O) groups excluding carboxylic acids is 1. The monoisotopic (exact) mass is 699 g/mol. The van der Waals surface area contributed by atoms with Crippen molar-refractivity contribution in [2.24, 2.45) is 0 Å². The molecule has 1 unspecified atom stereocenters. The van der Waals surface area contributed by atoms with Crippen molar-refractivity contribution >= 4 is 5.97 Å². The van der Waals surface area contributed by atoms with E-state index in [9.17, 15) is 9.90 Å². The van der Waals surface area contributed by atoms with Crippen LogP contribution < -0.4 is 0 Å². The van der Waals surface area contributed by atoms with E-state index in [1.54, 1.807) is 0 Å². The maximum Gasteiger partial charge on any atom is 0.306 e. The molecule has 4 nitrogen and oxygen atoms in total. The summed E-state index contributed by atoms with van der Waals surface area (Å²) < 4.78 is 11.1. The average Bonchev–Trinajstić information content (AvgIpc) is 3.12. The first kappa shape index (κ1) is 48.1. The lowest BCUT2D eigenvalue weighted by Gasteiger charge is -2.15. The standard InChI is InChI=1S/C46H82O4/c1-3-5-7-9-11-13-15-17-19-20-21-22-23-24-25-26-27-28-30-32-34-36-38-40-42-49-44-45(43-47)50-46(48)41-39-37-35-33-31-29-18-16-14-12-10-8-6-4-2/h10,12,15-18,20-21,23-24,45,47H,3-9,11,13-14,19,22,25-44H2,1-2H3/b12-10-,17-15-,18-16-,21-20-,24-23-. The Hall–Kier alpha value is -1.91. The van der Waals surface area contributed by atoms with Gasteiger partial charge in [-0.2, -0.15) is 0 Å². The van der Waals surface area contributed by atoms with Crippen LogP contribution in [0.15, 0.2) is 60.8 Å². The van der Waals surface area contributed by atoms with Crippen LogP contribution in [0.1, 0.15) is 200 Å². The lowest BCUT2D eigenvalue weighted by atomic mass is 10.1. The largest absolute Gasteiger partial charge is 0.457 e. The van der Waals surface area contributed by atoms with Gasteiger partial charge in [0.05, 0.1) is 13.2 Å². The molecular formula is C46H82O4. The predicted molar refractivity (Wildman–Crippen MR) is 219 cm³/mol. The highest BCUT2D eigenvalue weighted by Crippen LogP contribution is 2.12. The van der Waals surface area contributed by atoms with Crippen LogP contribution in [0.5, 0.6) is 0 Å². The number of allylic oxidation sites excluding steroid dienone is 10. The molecule has 0 aromatic rings. The molecule has 0 aliphatic rings. The second-order valence-corrected chi connectivity index (χ2v) is 14.1. The van der Waals surface area contributed by atoms with Gasteiger partial charge in [-0.25, -0.2) is 0 Å². The summed E-state index contributed by atoms with van der Waals surface area (Å²) in [6, 6.07) is 0. The number of carbonyl (C=O) groups is 1. The van der Waals surface area contributed by atoms with E-state index in [0.29, 0.717) is 13.0 Å². The minimum atomic E-state index is -0.546. The summed E-state index contributed by atoms with van der Waals surface area (Å²) in [5, 5.41) is 9.59. The van der Waals surface area contributed by atoms with Gasteiger partial charge >= 0.3 is 5.97 Å². The number of hydrogen-bond acceptors (Lipinski definition) is 4. The maximum atomic E-state index is 12.2. The van der Waals surface area contributed by atoms with Crippen molar-refractivity contribution in [3.05, 3.63) is 60.8 Å². The number of rotatable bonds is 39. The summed E-state index contributed by atoms with van der Waals surface area (Å²) >= 11 is 0. The van der Waals surface area contributed by atoms with Crippen molar-refractivity contribution in [2.75, 3.05) is 19.8 Å². The van der Waals surface area contributed by atoms with Gasteiger partial charge in [0.1, 0.15) is 6.10 Å². The van der Waals surface area contributed by atoms with Gasteiger partial charge in [0.25, 0.3) is 0 Å². The second kappa shape index (κ2) is 43.3. The quantitative estimate of drug-likeness (QED) is 0.0394. The lowest BCUT2D eigenvalue weighted by molar-refractivity contribution is -0.154. The molecule has 1 atom stereocenters. The van der Waals surface area contributed by atoms with Gasteiger partial charge in [0, 0.05) is 13.0 Å². The van der Waals surface area contributed by atoms with E-state index in [1.807, 2.05) is 0 Å². The third-order valence-corrected chi connectivity index (χ3v) is 9.07. The van der Waals surface area contributed by atoms with E-state index in [2.05, 4.69) is 74.6 Å². The van der Waals surface area contributed by atoms with Gasteiger partial charge in [-0.1, -0.05) is 177 Å². The molecule has 0 aromatic heterocycles. The third-order valence-electron chi connectivity index (χ3n) is 9.07. The van der Waals surface area contributed by atoms with Crippen LogP contribution in [0.2, 0.25) is 0 Å². The molecule has 0 fully saturated rings. The third kappa shape index (κ3) is 40.5. The van der Waals surface area contributed by atoms with E-state index >= 15 is 0 Å². The molecule has 0 aromatic carbocycles. The summed E-state index contributed by atoms with van der Waals surface area (Å²) in [7, 11) is 0. The Labute approximate surface area is 311 Å². The molecule has 0 aliphatic carbocycles. The fourth-order valence-corrected chi connectivity index (χ4v) is 5.82. The molecule has 50 heavy (non-hydrogen) atoms. The highest BCUT2D eigenvalue weighted by atomic mass is 16.6. The summed E-state index contributed by atoms with van der Waals surface area (Å²) in [6.07, 6.45) is 57.1. The molecule has 4 heteroatoms. The van der Waals surface area contributed by atoms with Crippen molar-refractivity contribution in [2.45, 2.75) is 206 Å². The van der Waals surface area contributed by atoms with Crippen molar-refractivity contribution in [3.63, 3.8) is 0 Å². The molecule has 290 valence electrons. The van der Waals surface area contributed by atoms with E-state index in [4.69, 9.17) is 9.47 Å². The van der Waals surface area contributed by atoms with Crippen LogP contribution in [0.25, 0.3) is 0 Å². The van der Waals surface area contributed by atoms with Crippen molar-refractivity contribution in [1.29, 1.82) is 0 Å². The summed E-state index contributed by atoms with van der Waals surface area (Å²) in [5.74, 6) is -0.218. The highest BCUT2D eigenvalue weighted by molar-refractivity contribution is 5.69. The molecule has 0 saturated heterocycles. The van der Waals surface area contributed by atoms with Gasteiger partial charge in [0.2, 0.25) is 0 Å². The van der Waals surface area contributed by atoms with Crippen LogP contribution in [0, 0.1) is 0 Å². The number of aliphatic hydroxyl groups is 1. The number of ether oxygens (including phenoxy) is 2. The minimum absolute atomic E-state index is 0.182. The SMILES string of the molecule is CCCC/C=C\C/C=C\CCCCCCCC(=O)OC(CO)COCCCCCCCCCCC/C=C\C/C=C\C/C=C\CCCCCCC. The maximum absolute atomic E-state index is 12.2. The Kier molecular flexibility index (Phi) is 41.6. The van der Waals surface area contributed by atoms with Crippen LogP contribution in [-0.2, 0) is 14.3 Å². The molecule has 0 heterocycles. The molecule has 0 aliphatic heterocycles. The van der Waals surface area contributed by atoms with Gasteiger partial charge in [0.15, 0.2) is 0 Å². The molecule has 0 radical (unpaired) electrons. The van der Waals surface area contributed by atoms with E-state index in [1.165, 1.54) is 128 Å². The number of unbranched alkanes of at least 4 members (excludes halogenated alkanes) is 21. The van der Waals surface area contributed by atoms with Gasteiger partial charge < -0.3 is 14.6 Å². The van der Waals surface area contributed by atoms with E-state index in [0.717, 1.165) is 51.4 Å². The zero-order valence-electron chi connectivity index (χ0n) is 33.2. The first-order valence-corrected chi connectivity index (χ1v) is 21.4. The van der Waals surface area contributed by atoms with E-state index < -0.39 is 6.10 Å². The predicted octanol–water partition coefficient (Wildman–Crippen LogP) is 14.0. The Morgan fingerprint density at radius 3 is 1.32 bits per heavy atom. The van der Waals surface area contributed by atoms with Crippen LogP contribution >= 0.6 is 0 Å².